The van der Waals surface area contributed by atoms with E-state index in [0.29, 0.717) is 0 Å². The molecular formula is C41H44Cl2Zr-2. The third-order valence-electron chi connectivity index (χ3n) is 7.83. The fourth-order valence-electron chi connectivity index (χ4n) is 5.00. The van der Waals surface area contributed by atoms with Gasteiger partial charge in [-0.05, 0) is 17.4 Å². The van der Waals surface area contributed by atoms with Gasteiger partial charge in [0, 0.05) is 0 Å². The van der Waals surface area contributed by atoms with Gasteiger partial charge in [-0.3, -0.25) is 6.08 Å². The number of rotatable bonds is 3. The van der Waals surface area contributed by atoms with Crippen LogP contribution in [0.3, 0.4) is 0 Å². The Labute approximate surface area is 294 Å². The molecule has 0 saturated carbocycles. The SMILES string of the molecule is CC(C)(C)c1c[c-]c2c(c1)-c1cc(C(C)(C)C)ccc1C2.CCc1ccc([C](=[Zr+2])c2ccccc2)cc1.[C-]1=CC=CC1.[Cl-].[Cl-]. The first-order valence-electron chi connectivity index (χ1n) is 15.1. The molecule has 2 aliphatic rings. The largest absolute Gasteiger partial charge is 1.00 e. The molecule has 228 valence electrons. The van der Waals surface area contributed by atoms with E-state index in [1.165, 1.54) is 77.5 Å². The third kappa shape index (κ3) is 10.1. The monoisotopic (exact) mass is 696 g/mol. The quantitative estimate of drug-likeness (QED) is 0.247. The molecule has 0 heterocycles. The Balaban J connectivity index is 0.000000260. The molecule has 0 bridgehead atoms. The first-order chi connectivity index (χ1) is 20.0. The van der Waals surface area contributed by atoms with Gasteiger partial charge in [0.1, 0.15) is 0 Å². The predicted molar refractivity (Wildman–Crippen MR) is 178 cm³/mol. The van der Waals surface area contributed by atoms with Gasteiger partial charge in [0.15, 0.2) is 0 Å². The molecule has 2 aliphatic carbocycles. The zero-order valence-electron chi connectivity index (χ0n) is 27.2. The average molecular weight is 699 g/mol. The number of aryl methyl sites for hydroxylation is 1. The van der Waals surface area contributed by atoms with Gasteiger partial charge in [-0.15, -0.1) is 12.0 Å². The van der Waals surface area contributed by atoms with Crippen molar-refractivity contribution in [1.82, 2.24) is 0 Å². The summed E-state index contributed by atoms with van der Waals surface area (Å²) in [7, 11) is 0. The van der Waals surface area contributed by atoms with Gasteiger partial charge in [-0.2, -0.15) is 35.4 Å². The Morgan fingerprint density at radius 3 is 1.89 bits per heavy atom. The van der Waals surface area contributed by atoms with Gasteiger partial charge >= 0.3 is 112 Å². The van der Waals surface area contributed by atoms with Crippen molar-refractivity contribution in [3.05, 3.63) is 154 Å². The van der Waals surface area contributed by atoms with Gasteiger partial charge < -0.3 is 24.8 Å². The molecule has 0 N–H and O–H groups in total. The Kier molecular flexibility index (Phi) is 14.5. The van der Waals surface area contributed by atoms with E-state index >= 15 is 0 Å². The summed E-state index contributed by atoms with van der Waals surface area (Å²) in [6.07, 6.45) is 12.1. The molecular weight excluding hydrogens is 655 g/mol. The van der Waals surface area contributed by atoms with Crippen LogP contribution in [-0.2, 0) is 47.9 Å². The number of halogens is 2. The summed E-state index contributed by atoms with van der Waals surface area (Å²) in [5, 5.41) is 0. The molecule has 0 radical (unpaired) electrons. The standard InChI is InChI=1S/C21H25.C15H14.C5H5.2ClH.Zr/c1-20(2,3)16-9-7-14-11-15-8-10-17(21(4,5)6)13-19(15)18(14)12-16;1-2-13-8-10-15(11-9-13)12-14-6-4-3-5-7-14;1-2-4-5-3-1;;;/h7,9-10,12-13H,11H2,1-6H3;3-11H,2H2,1H3;1-3H,4H2;2*1H;/q-1;;-1;;;+2/p-2. The smallest absolute Gasteiger partial charge is 0.109 e. The van der Waals surface area contributed by atoms with Crippen molar-refractivity contribution in [1.29, 1.82) is 0 Å². The minimum atomic E-state index is 0. The van der Waals surface area contributed by atoms with Crippen LogP contribution in [0.1, 0.15) is 93.8 Å². The van der Waals surface area contributed by atoms with E-state index in [4.69, 9.17) is 0 Å². The van der Waals surface area contributed by atoms with E-state index < -0.39 is 0 Å². The van der Waals surface area contributed by atoms with Gasteiger partial charge in [0.05, 0.1) is 0 Å². The second-order valence-electron chi connectivity index (χ2n) is 13.1. The number of allylic oxidation sites excluding steroid dienone is 4. The summed E-state index contributed by atoms with van der Waals surface area (Å²) in [6.45, 7) is 15.8. The van der Waals surface area contributed by atoms with Crippen LogP contribution in [0.4, 0.5) is 0 Å². The van der Waals surface area contributed by atoms with Crippen LogP contribution in [0.15, 0.2) is 103 Å². The van der Waals surface area contributed by atoms with Crippen molar-refractivity contribution in [2.45, 2.75) is 78.6 Å². The molecule has 44 heavy (non-hydrogen) atoms. The molecule has 0 amide bonds. The van der Waals surface area contributed by atoms with Crippen molar-refractivity contribution in [3.8, 4) is 11.1 Å². The molecule has 4 aromatic rings. The predicted octanol–water partition coefficient (Wildman–Crippen LogP) is 4.33. The first-order valence-corrected chi connectivity index (χ1v) is 16.3. The van der Waals surface area contributed by atoms with E-state index in [9.17, 15) is 0 Å². The average Bonchev–Trinajstić information content (AvgIpc) is 3.68. The fraction of sp³-hybridized carbons (Fsp3) is 0.293. The summed E-state index contributed by atoms with van der Waals surface area (Å²) in [6, 6.07) is 34.6. The van der Waals surface area contributed by atoms with Gasteiger partial charge in [-0.25, -0.2) is 12.2 Å². The summed E-state index contributed by atoms with van der Waals surface area (Å²) >= 11 is 1.47. The van der Waals surface area contributed by atoms with Gasteiger partial charge in [0.25, 0.3) is 0 Å². The van der Waals surface area contributed by atoms with E-state index in [1.54, 1.807) is 0 Å². The van der Waals surface area contributed by atoms with Gasteiger partial charge in [0.2, 0.25) is 0 Å². The zero-order valence-corrected chi connectivity index (χ0v) is 31.2. The summed E-state index contributed by atoms with van der Waals surface area (Å²) in [5.41, 5.74) is 12.9. The number of hydrogen-bond donors (Lipinski definition) is 0. The zero-order chi connectivity index (χ0) is 30.3. The van der Waals surface area contributed by atoms with Crippen molar-refractivity contribution < 1.29 is 49.0 Å². The molecule has 6 rings (SSSR count). The molecule has 0 spiro atoms. The van der Waals surface area contributed by atoms with Gasteiger partial charge in [-0.1, -0.05) is 76.3 Å². The van der Waals surface area contributed by atoms with Crippen molar-refractivity contribution in [2.75, 3.05) is 0 Å². The van der Waals surface area contributed by atoms with Crippen LogP contribution in [0, 0.1) is 12.1 Å². The van der Waals surface area contributed by atoms with Crippen molar-refractivity contribution in [3.63, 3.8) is 0 Å². The minimum Gasteiger partial charge on any atom is -1.00 e. The van der Waals surface area contributed by atoms with E-state index in [1.807, 2.05) is 12.2 Å². The second kappa shape index (κ2) is 16.8. The molecule has 0 unspecified atom stereocenters. The van der Waals surface area contributed by atoms with Crippen molar-refractivity contribution in [2.24, 2.45) is 0 Å². The van der Waals surface area contributed by atoms with Crippen molar-refractivity contribution >= 4 is 3.21 Å². The van der Waals surface area contributed by atoms with Crippen LogP contribution in [0.2, 0.25) is 0 Å². The molecule has 0 atom stereocenters. The summed E-state index contributed by atoms with van der Waals surface area (Å²) in [4.78, 5) is 0. The Bertz CT molecular complexity index is 1490. The Morgan fingerprint density at radius 1 is 0.750 bits per heavy atom. The maximum absolute atomic E-state index is 3.53. The minimum absolute atomic E-state index is 0. The van der Waals surface area contributed by atoms with Crippen LogP contribution >= 0.6 is 0 Å². The maximum atomic E-state index is 3.53. The maximum Gasteiger partial charge on any atom is -0.109 e. The number of benzene rings is 4. The number of fused-ring (bicyclic) bond motifs is 3. The molecule has 3 heteroatoms. The molecule has 0 fully saturated rings. The van der Waals surface area contributed by atoms with Crippen LogP contribution in [-0.4, -0.2) is 3.21 Å². The molecule has 0 saturated heterocycles. The topological polar surface area (TPSA) is 0 Å². The normalized spacial score (nSPS) is 12.4. The third-order valence-corrected chi connectivity index (χ3v) is 9.24. The first kappa shape index (κ1) is 37.9. The second-order valence-corrected chi connectivity index (χ2v) is 14.4. The van der Waals surface area contributed by atoms with Crippen LogP contribution < -0.4 is 24.8 Å². The van der Waals surface area contributed by atoms with E-state index in [0.717, 1.165) is 19.3 Å². The Hall–Kier alpha value is -2.31. The molecule has 0 nitrogen and oxygen atoms in total. The molecule has 0 aromatic heterocycles. The summed E-state index contributed by atoms with van der Waals surface area (Å²) < 4.78 is 1.43. The van der Waals surface area contributed by atoms with Crippen LogP contribution in [0.5, 0.6) is 0 Å². The Morgan fingerprint density at radius 2 is 1.36 bits per heavy atom. The molecule has 4 aromatic carbocycles. The van der Waals surface area contributed by atoms with E-state index in [-0.39, 0.29) is 35.6 Å². The fourth-order valence-corrected chi connectivity index (χ4v) is 5.82. The van der Waals surface area contributed by atoms with Crippen LogP contribution in [0.25, 0.3) is 11.1 Å². The van der Waals surface area contributed by atoms with E-state index in [2.05, 4.69) is 152 Å². The summed E-state index contributed by atoms with van der Waals surface area (Å²) in [5.74, 6) is 0. The molecule has 0 aliphatic heterocycles. The number of hydrogen-bond acceptors (Lipinski definition) is 0.